The van der Waals surface area contributed by atoms with E-state index in [-0.39, 0.29) is 5.91 Å². The van der Waals surface area contributed by atoms with E-state index >= 15 is 0 Å². The molecule has 106 valence electrons. The zero-order valence-corrected chi connectivity index (χ0v) is 11.4. The summed E-state index contributed by atoms with van der Waals surface area (Å²) in [6, 6.07) is 12.5. The summed E-state index contributed by atoms with van der Waals surface area (Å²) < 4.78 is 5.42. The number of ether oxygens (including phenoxy) is 1. The van der Waals surface area contributed by atoms with Gasteiger partial charge in [0.05, 0.1) is 6.21 Å². The van der Waals surface area contributed by atoms with Gasteiger partial charge in [0.15, 0.2) is 0 Å². The third-order valence-electron chi connectivity index (χ3n) is 2.50. The first-order valence-corrected chi connectivity index (χ1v) is 6.38. The number of hydrogen-bond acceptors (Lipinski definition) is 4. The topological polar surface area (TPSA) is 63.6 Å². The lowest BCUT2D eigenvalue weighted by molar-refractivity contribution is 0.0950. The maximum atomic E-state index is 11.7. The van der Waals surface area contributed by atoms with Crippen molar-refractivity contribution in [3.8, 4) is 5.75 Å². The monoisotopic (exact) mass is 281 g/mol. The van der Waals surface area contributed by atoms with Gasteiger partial charge in [-0.15, -0.1) is 0 Å². The van der Waals surface area contributed by atoms with Gasteiger partial charge in [0.25, 0.3) is 5.91 Å². The summed E-state index contributed by atoms with van der Waals surface area (Å²) in [5.74, 6) is 0.362. The largest absolute Gasteiger partial charge is 0.490 e. The van der Waals surface area contributed by atoms with E-state index in [2.05, 4.69) is 22.1 Å². The molecule has 0 bridgehead atoms. The van der Waals surface area contributed by atoms with Crippen molar-refractivity contribution in [2.24, 2.45) is 5.10 Å². The summed E-state index contributed by atoms with van der Waals surface area (Å²) in [4.78, 5) is 15.7. The third-order valence-corrected chi connectivity index (χ3v) is 2.50. The Bertz CT molecular complexity index is 639. The zero-order chi connectivity index (χ0) is 14.9. The van der Waals surface area contributed by atoms with E-state index in [0.29, 0.717) is 12.3 Å². The Morgan fingerprint density at radius 3 is 3.00 bits per heavy atom. The van der Waals surface area contributed by atoms with Crippen LogP contribution in [-0.2, 0) is 0 Å². The van der Waals surface area contributed by atoms with Crippen LogP contribution in [-0.4, -0.2) is 23.7 Å². The van der Waals surface area contributed by atoms with Crippen molar-refractivity contribution in [3.63, 3.8) is 0 Å². The number of nitrogens with zero attached hydrogens (tertiary/aromatic N) is 2. The fourth-order valence-electron chi connectivity index (χ4n) is 1.56. The Hall–Kier alpha value is -2.95. The first-order chi connectivity index (χ1) is 10.3. The summed E-state index contributed by atoms with van der Waals surface area (Å²) in [7, 11) is 0. The van der Waals surface area contributed by atoms with Crippen LogP contribution in [0.1, 0.15) is 16.1 Å². The number of amides is 1. The summed E-state index contributed by atoms with van der Waals surface area (Å²) in [5, 5.41) is 3.90. The Labute approximate surface area is 123 Å². The molecule has 0 fully saturated rings. The molecule has 0 radical (unpaired) electrons. The van der Waals surface area contributed by atoms with Crippen LogP contribution in [0.2, 0.25) is 0 Å². The first kappa shape index (κ1) is 14.5. The van der Waals surface area contributed by atoms with Crippen LogP contribution >= 0.6 is 0 Å². The summed E-state index contributed by atoms with van der Waals surface area (Å²) in [6.45, 7) is 4.03. The molecule has 0 saturated heterocycles. The van der Waals surface area contributed by atoms with Gasteiger partial charge in [-0.3, -0.25) is 9.78 Å². The second-order valence-corrected chi connectivity index (χ2v) is 4.09. The van der Waals surface area contributed by atoms with Gasteiger partial charge in [0, 0.05) is 6.20 Å². The zero-order valence-electron chi connectivity index (χ0n) is 11.4. The Kier molecular flexibility index (Phi) is 5.23. The quantitative estimate of drug-likeness (QED) is 0.502. The second kappa shape index (κ2) is 7.59. The van der Waals surface area contributed by atoms with Crippen molar-refractivity contribution < 1.29 is 9.53 Å². The molecule has 0 spiro atoms. The first-order valence-electron chi connectivity index (χ1n) is 6.38. The van der Waals surface area contributed by atoms with Gasteiger partial charge in [-0.2, -0.15) is 5.10 Å². The predicted molar refractivity (Wildman–Crippen MR) is 81.4 cm³/mol. The van der Waals surface area contributed by atoms with Gasteiger partial charge >= 0.3 is 0 Å². The molecule has 0 aliphatic carbocycles. The molecule has 0 saturated carbocycles. The molecule has 0 unspecified atom stereocenters. The summed E-state index contributed by atoms with van der Waals surface area (Å²) in [6.07, 6.45) is 4.77. The van der Waals surface area contributed by atoms with Crippen molar-refractivity contribution in [3.05, 3.63) is 72.6 Å². The number of carbonyl (C=O) groups excluding carboxylic acids is 1. The third kappa shape index (κ3) is 4.58. The molecule has 1 heterocycles. The molecule has 5 heteroatoms. The molecule has 1 N–H and O–H groups in total. The van der Waals surface area contributed by atoms with E-state index in [1.807, 2.05) is 24.3 Å². The highest BCUT2D eigenvalue weighted by atomic mass is 16.5. The number of benzene rings is 1. The molecule has 21 heavy (non-hydrogen) atoms. The van der Waals surface area contributed by atoms with E-state index < -0.39 is 0 Å². The van der Waals surface area contributed by atoms with Gasteiger partial charge in [0.2, 0.25) is 0 Å². The molecule has 2 aromatic rings. The molecular weight excluding hydrogens is 266 g/mol. The van der Waals surface area contributed by atoms with Crippen molar-refractivity contribution in [1.82, 2.24) is 10.4 Å². The Morgan fingerprint density at radius 2 is 2.24 bits per heavy atom. The molecule has 5 nitrogen and oxygen atoms in total. The number of nitrogens with one attached hydrogen (secondary N) is 1. The predicted octanol–water partition coefficient (Wildman–Crippen LogP) is 2.41. The highest BCUT2D eigenvalue weighted by Crippen LogP contribution is 2.11. The maximum Gasteiger partial charge on any atom is 0.289 e. The van der Waals surface area contributed by atoms with Crippen LogP contribution in [0.25, 0.3) is 0 Å². The van der Waals surface area contributed by atoms with Crippen LogP contribution in [0.5, 0.6) is 5.75 Å². The standard InChI is InChI=1S/C16H15N3O2/c1-2-10-21-14-7-5-6-13(11-14)12-18-19-16(20)15-8-3-4-9-17-15/h2-9,11-12H,1,10H2,(H,19,20)/b18-12-. The molecular formula is C16H15N3O2. The van der Waals surface area contributed by atoms with Gasteiger partial charge in [-0.05, 0) is 29.8 Å². The van der Waals surface area contributed by atoms with Gasteiger partial charge in [-0.25, -0.2) is 5.43 Å². The molecule has 1 aromatic carbocycles. The average molecular weight is 281 g/mol. The van der Waals surface area contributed by atoms with Crippen LogP contribution in [0.15, 0.2) is 66.4 Å². The average Bonchev–Trinajstić information content (AvgIpc) is 2.54. The second-order valence-electron chi connectivity index (χ2n) is 4.09. The SMILES string of the molecule is C=CCOc1cccc(/C=N\NC(=O)c2ccccn2)c1. The lowest BCUT2D eigenvalue weighted by Crippen LogP contribution is -2.18. The Morgan fingerprint density at radius 1 is 1.33 bits per heavy atom. The lowest BCUT2D eigenvalue weighted by atomic mass is 10.2. The normalized spacial score (nSPS) is 10.3. The van der Waals surface area contributed by atoms with Crippen molar-refractivity contribution in [2.75, 3.05) is 6.61 Å². The lowest BCUT2D eigenvalue weighted by Gasteiger charge is -2.03. The highest BCUT2D eigenvalue weighted by molar-refractivity contribution is 5.93. The minimum atomic E-state index is -0.356. The minimum Gasteiger partial charge on any atom is -0.490 e. The number of rotatable bonds is 6. The van der Waals surface area contributed by atoms with Crippen molar-refractivity contribution in [2.45, 2.75) is 0 Å². The van der Waals surface area contributed by atoms with Gasteiger partial charge < -0.3 is 4.74 Å². The molecule has 0 aliphatic heterocycles. The molecule has 0 aliphatic rings. The number of hydrogen-bond donors (Lipinski definition) is 1. The number of hydrazone groups is 1. The van der Waals surface area contributed by atoms with Gasteiger partial charge in [0.1, 0.15) is 18.1 Å². The minimum absolute atomic E-state index is 0.317. The van der Waals surface area contributed by atoms with Crippen molar-refractivity contribution in [1.29, 1.82) is 0 Å². The van der Waals surface area contributed by atoms with Crippen LogP contribution in [0.3, 0.4) is 0 Å². The molecule has 0 atom stereocenters. The fourth-order valence-corrected chi connectivity index (χ4v) is 1.56. The molecule has 1 aromatic heterocycles. The fraction of sp³-hybridized carbons (Fsp3) is 0.0625. The highest BCUT2D eigenvalue weighted by Gasteiger charge is 2.03. The van der Waals surface area contributed by atoms with Crippen LogP contribution in [0.4, 0.5) is 0 Å². The van der Waals surface area contributed by atoms with Crippen molar-refractivity contribution >= 4 is 12.1 Å². The Balaban J connectivity index is 1.95. The van der Waals surface area contributed by atoms with Crippen LogP contribution < -0.4 is 10.2 Å². The van der Waals surface area contributed by atoms with Gasteiger partial charge in [-0.1, -0.05) is 30.9 Å². The van der Waals surface area contributed by atoms with E-state index in [0.717, 1.165) is 11.3 Å². The summed E-state index contributed by atoms with van der Waals surface area (Å²) in [5.41, 5.74) is 3.56. The number of pyridine rings is 1. The maximum absolute atomic E-state index is 11.7. The number of aromatic nitrogens is 1. The summed E-state index contributed by atoms with van der Waals surface area (Å²) >= 11 is 0. The van der Waals surface area contributed by atoms with E-state index in [4.69, 9.17) is 4.74 Å². The molecule has 2 rings (SSSR count). The number of carbonyl (C=O) groups is 1. The smallest absolute Gasteiger partial charge is 0.289 e. The van der Waals surface area contributed by atoms with E-state index in [1.165, 1.54) is 0 Å². The molecule has 1 amide bonds. The van der Waals surface area contributed by atoms with Crippen LogP contribution in [0, 0.1) is 0 Å². The van der Waals surface area contributed by atoms with E-state index in [9.17, 15) is 4.79 Å². The van der Waals surface area contributed by atoms with E-state index in [1.54, 1.807) is 36.7 Å².